The van der Waals surface area contributed by atoms with Crippen LogP contribution in [0.2, 0.25) is 18.1 Å². The number of pyridine rings is 1. The van der Waals surface area contributed by atoms with Crippen molar-refractivity contribution in [3.05, 3.63) is 36.9 Å². The van der Waals surface area contributed by atoms with Crippen LogP contribution in [0.5, 0.6) is 0 Å². The summed E-state index contributed by atoms with van der Waals surface area (Å²) >= 11 is 0. The van der Waals surface area contributed by atoms with Crippen LogP contribution in [0.1, 0.15) is 20.8 Å². The SMILES string of the molecule is CC(C)(C)[Si](C)(C)c1ccoc1-c1cccnc1. The summed E-state index contributed by atoms with van der Waals surface area (Å²) in [5.41, 5.74) is 1.07. The molecular formula is C15H21NOSi. The van der Waals surface area contributed by atoms with Gasteiger partial charge >= 0.3 is 0 Å². The molecular weight excluding hydrogens is 238 g/mol. The van der Waals surface area contributed by atoms with Gasteiger partial charge in [-0.15, -0.1) is 0 Å². The van der Waals surface area contributed by atoms with Gasteiger partial charge in [-0.05, 0) is 28.4 Å². The van der Waals surface area contributed by atoms with Crippen LogP contribution in [-0.2, 0) is 0 Å². The molecule has 2 rings (SSSR count). The fraction of sp³-hybridized carbons (Fsp3) is 0.400. The molecule has 0 amide bonds. The van der Waals surface area contributed by atoms with Crippen LogP contribution in [-0.4, -0.2) is 13.1 Å². The zero-order valence-corrected chi connectivity index (χ0v) is 12.8. The third-order valence-corrected chi connectivity index (χ3v) is 9.63. The Bertz CT molecular complexity index is 523. The van der Waals surface area contributed by atoms with Crippen LogP contribution in [0.15, 0.2) is 41.3 Å². The number of nitrogens with zero attached hydrogens (tertiary/aromatic N) is 1. The summed E-state index contributed by atoms with van der Waals surface area (Å²) in [7, 11) is -1.58. The van der Waals surface area contributed by atoms with Crippen molar-refractivity contribution in [3.8, 4) is 11.3 Å². The number of hydrogen-bond donors (Lipinski definition) is 0. The zero-order valence-electron chi connectivity index (χ0n) is 11.8. The minimum Gasteiger partial charge on any atom is -0.464 e. The second-order valence-electron chi connectivity index (χ2n) is 6.28. The van der Waals surface area contributed by atoms with E-state index in [1.165, 1.54) is 5.19 Å². The molecule has 2 aromatic rings. The second-order valence-corrected chi connectivity index (χ2v) is 11.6. The molecule has 0 radical (unpaired) electrons. The van der Waals surface area contributed by atoms with Crippen molar-refractivity contribution in [2.45, 2.75) is 38.9 Å². The summed E-state index contributed by atoms with van der Waals surface area (Å²) in [4.78, 5) is 4.18. The van der Waals surface area contributed by atoms with Crippen molar-refractivity contribution in [2.24, 2.45) is 0 Å². The Morgan fingerprint density at radius 3 is 2.44 bits per heavy atom. The Morgan fingerprint density at radius 2 is 1.89 bits per heavy atom. The quantitative estimate of drug-likeness (QED) is 0.760. The summed E-state index contributed by atoms with van der Waals surface area (Å²) in [6, 6.07) is 6.15. The molecule has 96 valence electrons. The van der Waals surface area contributed by atoms with Crippen molar-refractivity contribution >= 4 is 13.3 Å². The molecule has 0 aliphatic rings. The standard InChI is InChI=1S/C15H21NOSi/c1-15(2,3)18(4,5)13-8-10-17-14(13)12-7-6-9-16-11-12/h6-11H,1-5H3. The van der Waals surface area contributed by atoms with Crippen molar-refractivity contribution < 1.29 is 4.42 Å². The average molecular weight is 259 g/mol. The molecule has 0 N–H and O–H groups in total. The highest BCUT2D eigenvalue weighted by molar-refractivity contribution is 6.92. The molecule has 0 saturated heterocycles. The van der Waals surface area contributed by atoms with Crippen LogP contribution in [0.25, 0.3) is 11.3 Å². The maximum Gasteiger partial charge on any atom is 0.134 e. The first-order valence-electron chi connectivity index (χ1n) is 6.32. The molecule has 0 saturated carbocycles. The first kappa shape index (κ1) is 13.1. The Kier molecular flexibility index (Phi) is 3.19. The fourth-order valence-corrected chi connectivity index (χ4v) is 3.99. The highest BCUT2D eigenvalue weighted by Crippen LogP contribution is 2.37. The highest BCUT2D eigenvalue weighted by atomic mass is 28.3. The van der Waals surface area contributed by atoms with E-state index in [-0.39, 0.29) is 0 Å². The normalized spacial score (nSPS) is 12.7. The van der Waals surface area contributed by atoms with Gasteiger partial charge in [0.25, 0.3) is 0 Å². The number of hydrogen-bond acceptors (Lipinski definition) is 2. The van der Waals surface area contributed by atoms with Gasteiger partial charge in [0.1, 0.15) is 5.76 Å². The van der Waals surface area contributed by atoms with E-state index in [1.807, 2.05) is 12.3 Å². The van der Waals surface area contributed by atoms with E-state index < -0.39 is 8.07 Å². The predicted octanol–water partition coefficient (Wildman–Crippen LogP) is 4.06. The largest absolute Gasteiger partial charge is 0.464 e. The molecule has 0 spiro atoms. The topological polar surface area (TPSA) is 26.0 Å². The van der Waals surface area contributed by atoms with Crippen LogP contribution in [0.4, 0.5) is 0 Å². The van der Waals surface area contributed by atoms with E-state index in [4.69, 9.17) is 4.42 Å². The summed E-state index contributed by atoms with van der Waals surface area (Å²) in [5, 5.41) is 1.68. The Morgan fingerprint density at radius 1 is 1.17 bits per heavy atom. The molecule has 0 fully saturated rings. The van der Waals surface area contributed by atoms with Crippen LogP contribution in [0, 0.1) is 0 Å². The van der Waals surface area contributed by atoms with Gasteiger partial charge in [0, 0.05) is 18.0 Å². The van der Waals surface area contributed by atoms with E-state index in [2.05, 4.69) is 51.0 Å². The van der Waals surface area contributed by atoms with Gasteiger partial charge < -0.3 is 4.42 Å². The molecule has 2 aromatic heterocycles. The van der Waals surface area contributed by atoms with Gasteiger partial charge in [-0.3, -0.25) is 4.98 Å². The van der Waals surface area contributed by atoms with Gasteiger partial charge in [0.05, 0.1) is 14.3 Å². The second kappa shape index (κ2) is 4.39. The maximum atomic E-state index is 5.73. The van der Waals surface area contributed by atoms with E-state index in [9.17, 15) is 0 Å². The van der Waals surface area contributed by atoms with Crippen LogP contribution in [0.3, 0.4) is 0 Å². The first-order chi connectivity index (χ1) is 8.34. The molecule has 18 heavy (non-hydrogen) atoms. The van der Waals surface area contributed by atoms with Gasteiger partial charge in [-0.2, -0.15) is 0 Å². The molecule has 2 nitrogen and oxygen atoms in total. The summed E-state index contributed by atoms with van der Waals surface area (Å²) < 4.78 is 5.73. The maximum absolute atomic E-state index is 5.73. The molecule has 0 atom stereocenters. The van der Waals surface area contributed by atoms with Crippen LogP contribution < -0.4 is 5.19 Å². The zero-order chi connectivity index (χ0) is 13.4. The molecule has 0 unspecified atom stereocenters. The van der Waals surface area contributed by atoms with E-state index in [0.29, 0.717) is 5.04 Å². The first-order valence-corrected chi connectivity index (χ1v) is 9.32. The van der Waals surface area contributed by atoms with Crippen molar-refractivity contribution in [1.29, 1.82) is 0 Å². The van der Waals surface area contributed by atoms with E-state index >= 15 is 0 Å². The van der Waals surface area contributed by atoms with Gasteiger partial charge in [0.2, 0.25) is 0 Å². The lowest BCUT2D eigenvalue weighted by molar-refractivity contribution is 0.583. The molecule has 0 aliphatic heterocycles. The van der Waals surface area contributed by atoms with Gasteiger partial charge in [-0.25, -0.2) is 0 Å². The van der Waals surface area contributed by atoms with Crippen molar-refractivity contribution in [1.82, 2.24) is 4.98 Å². The van der Waals surface area contributed by atoms with Crippen molar-refractivity contribution in [2.75, 3.05) is 0 Å². The molecule has 3 heteroatoms. The Hall–Kier alpha value is -1.35. The van der Waals surface area contributed by atoms with Crippen molar-refractivity contribution in [3.63, 3.8) is 0 Å². The Balaban J connectivity index is 2.53. The minimum atomic E-state index is -1.58. The van der Waals surface area contributed by atoms with E-state index in [1.54, 1.807) is 12.5 Å². The predicted molar refractivity (Wildman–Crippen MR) is 78.8 cm³/mol. The summed E-state index contributed by atoms with van der Waals surface area (Å²) in [6.07, 6.45) is 5.46. The fourth-order valence-electron chi connectivity index (χ4n) is 1.93. The number of furan rings is 1. The average Bonchev–Trinajstić information content (AvgIpc) is 2.78. The van der Waals surface area contributed by atoms with Gasteiger partial charge in [-0.1, -0.05) is 33.9 Å². The number of rotatable bonds is 2. The smallest absolute Gasteiger partial charge is 0.134 e. The number of aromatic nitrogens is 1. The lowest BCUT2D eigenvalue weighted by Crippen LogP contribution is -2.49. The minimum absolute atomic E-state index is 0.299. The van der Waals surface area contributed by atoms with Crippen LogP contribution >= 0.6 is 0 Å². The highest BCUT2D eigenvalue weighted by Gasteiger charge is 2.39. The summed E-state index contributed by atoms with van der Waals surface area (Å²) in [5.74, 6) is 0.995. The van der Waals surface area contributed by atoms with E-state index in [0.717, 1.165) is 11.3 Å². The Labute approximate surface area is 110 Å². The van der Waals surface area contributed by atoms with Gasteiger partial charge in [0.15, 0.2) is 0 Å². The molecule has 0 bridgehead atoms. The summed E-state index contributed by atoms with van der Waals surface area (Å²) in [6.45, 7) is 11.8. The third kappa shape index (κ3) is 2.15. The lowest BCUT2D eigenvalue weighted by atomic mass is 10.2. The lowest BCUT2D eigenvalue weighted by Gasteiger charge is -2.36. The molecule has 2 heterocycles. The monoisotopic (exact) mass is 259 g/mol. The molecule has 0 aromatic carbocycles. The third-order valence-electron chi connectivity index (χ3n) is 4.14. The molecule has 0 aliphatic carbocycles.